The summed E-state index contributed by atoms with van der Waals surface area (Å²) in [5.41, 5.74) is 0. The largest absolute Gasteiger partial charge is 0.316 e. The van der Waals surface area contributed by atoms with Crippen LogP contribution in [0.15, 0.2) is 34.1 Å². The van der Waals surface area contributed by atoms with Gasteiger partial charge in [-0.3, -0.25) is 0 Å². The Balaban J connectivity index is 2.32. The summed E-state index contributed by atoms with van der Waals surface area (Å²) in [5, 5.41) is 3.38. The molecule has 102 valence electrons. The Morgan fingerprint density at radius 2 is 1.83 bits per heavy atom. The minimum Gasteiger partial charge on any atom is -0.316 e. The molecule has 0 heterocycles. The van der Waals surface area contributed by atoms with Crippen LogP contribution in [0.2, 0.25) is 0 Å². The fourth-order valence-corrected chi connectivity index (χ4v) is 2.89. The molecule has 0 radical (unpaired) electrons. The van der Waals surface area contributed by atoms with Gasteiger partial charge < -0.3 is 5.32 Å². The Labute approximate surface area is 114 Å². The van der Waals surface area contributed by atoms with Crippen LogP contribution in [0.5, 0.6) is 0 Å². The van der Waals surface area contributed by atoms with Gasteiger partial charge in [0, 0.05) is 23.4 Å². The highest BCUT2D eigenvalue weighted by molar-refractivity contribution is 7.99. The van der Waals surface area contributed by atoms with Crippen molar-refractivity contribution in [3.05, 3.63) is 24.3 Å². The molecule has 0 atom stereocenters. The molecule has 1 aromatic carbocycles. The van der Waals surface area contributed by atoms with E-state index in [1.165, 1.54) is 19.1 Å². The molecule has 5 heteroatoms. The first-order chi connectivity index (χ1) is 8.54. The number of rotatable bonds is 8. The smallest absolute Gasteiger partial charge is 0.175 e. The highest BCUT2D eigenvalue weighted by atomic mass is 32.2. The summed E-state index contributed by atoms with van der Waals surface area (Å²) < 4.78 is 22.6. The maximum Gasteiger partial charge on any atom is 0.175 e. The minimum atomic E-state index is -3.08. The van der Waals surface area contributed by atoms with Crippen LogP contribution in [0.25, 0.3) is 0 Å². The zero-order valence-electron chi connectivity index (χ0n) is 11.0. The summed E-state index contributed by atoms with van der Waals surface area (Å²) in [5.74, 6) is 1.00. The maximum atomic E-state index is 11.3. The van der Waals surface area contributed by atoms with Crippen LogP contribution < -0.4 is 5.32 Å². The lowest BCUT2D eigenvalue weighted by molar-refractivity contribution is 0.602. The van der Waals surface area contributed by atoms with Gasteiger partial charge in [0.25, 0.3) is 0 Å². The fraction of sp³-hybridized carbons (Fsp3) is 0.538. The predicted octanol–water partition coefficient (Wildman–Crippen LogP) is 2.57. The van der Waals surface area contributed by atoms with E-state index in [2.05, 4.69) is 12.2 Å². The van der Waals surface area contributed by atoms with Crippen LogP contribution in [0.1, 0.15) is 19.8 Å². The number of thioether (sulfide) groups is 1. The van der Waals surface area contributed by atoms with Gasteiger partial charge in [-0.1, -0.05) is 13.3 Å². The molecule has 0 saturated heterocycles. The van der Waals surface area contributed by atoms with E-state index in [1.54, 1.807) is 23.9 Å². The second-order valence-electron chi connectivity index (χ2n) is 4.20. The first-order valence-electron chi connectivity index (χ1n) is 6.17. The zero-order valence-corrected chi connectivity index (χ0v) is 12.6. The van der Waals surface area contributed by atoms with E-state index in [4.69, 9.17) is 0 Å². The summed E-state index contributed by atoms with van der Waals surface area (Å²) >= 11 is 1.74. The third kappa shape index (κ3) is 5.89. The van der Waals surface area contributed by atoms with Gasteiger partial charge in [-0.2, -0.15) is 0 Å². The number of nitrogens with one attached hydrogen (secondary N) is 1. The number of unbranched alkanes of at least 4 members (excludes halogenated alkanes) is 1. The molecule has 0 spiro atoms. The van der Waals surface area contributed by atoms with Crippen LogP contribution >= 0.6 is 11.8 Å². The molecule has 1 rings (SSSR count). The normalized spacial score (nSPS) is 11.7. The summed E-state index contributed by atoms with van der Waals surface area (Å²) in [6.45, 7) is 4.24. The van der Waals surface area contributed by atoms with Crippen molar-refractivity contribution >= 4 is 21.6 Å². The minimum absolute atomic E-state index is 0.382. The number of hydrogen-bond donors (Lipinski definition) is 1. The molecule has 0 aliphatic rings. The van der Waals surface area contributed by atoms with Crippen molar-refractivity contribution in [1.29, 1.82) is 0 Å². The fourth-order valence-electron chi connectivity index (χ4n) is 1.45. The lowest BCUT2D eigenvalue weighted by Crippen LogP contribution is -2.18. The second-order valence-corrected chi connectivity index (χ2v) is 7.38. The van der Waals surface area contributed by atoms with Crippen molar-refractivity contribution in [2.45, 2.75) is 29.6 Å². The molecular weight excluding hydrogens is 266 g/mol. The van der Waals surface area contributed by atoms with Gasteiger partial charge in [-0.15, -0.1) is 11.8 Å². The Kier molecular flexibility index (Phi) is 6.75. The molecule has 0 aliphatic heterocycles. The van der Waals surface area contributed by atoms with E-state index in [1.807, 2.05) is 12.1 Å². The van der Waals surface area contributed by atoms with E-state index in [0.717, 1.165) is 23.7 Å². The molecule has 1 aromatic rings. The topological polar surface area (TPSA) is 46.2 Å². The molecular formula is C13H21NO2S2. The Bertz CT molecular complexity index is 441. The van der Waals surface area contributed by atoms with Gasteiger partial charge in [0.05, 0.1) is 4.90 Å². The highest BCUT2D eigenvalue weighted by Gasteiger charge is 2.05. The van der Waals surface area contributed by atoms with E-state index in [0.29, 0.717) is 4.90 Å². The van der Waals surface area contributed by atoms with E-state index in [-0.39, 0.29) is 0 Å². The molecule has 3 nitrogen and oxygen atoms in total. The van der Waals surface area contributed by atoms with Crippen molar-refractivity contribution in [3.8, 4) is 0 Å². The Hall–Kier alpha value is -0.520. The van der Waals surface area contributed by atoms with Crippen LogP contribution in [0.3, 0.4) is 0 Å². The zero-order chi connectivity index (χ0) is 13.4. The average molecular weight is 287 g/mol. The first kappa shape index (κ1) is 15.5. The Morgan fingerprint density at radius 1 is 1.17 bits per heavy atom. The van der Waals surface area contributed by atoms with Gasteiger partial charge in [-0.05, 0) is 37.2 Å². The van der Waals surface area contributed by atoms with Crippen molar-refractivity contribution in [2.24, 2.45) is 0 Å². The predicted molar refractivity (Wildman–Crippen MR) is 78.1 cm³/mol. The molecule has 0 unspecified atom stereocenters. The van der Waals surface area contributed by atoms with Crippen molar-refractivity contribution in [3.63, 3.8) is 0 Å². The van der Waals surface area contributed by atoms with Crippen molar-refractivity contribution < 1.29 is 8.42 Å². The molecule has 0 fully saturated rings. The van der Waals surface area contributed by atoms with Crippen molar-refractivity contribution in [2.75, 3.05) is 25.1 Å². The van der Waals surface area contributed by atoms with Crippen LogP contribution in [-0.4, -0.2) is 33.5 Å². The lowest BCUT2D eigenvalue weighted by atomic mass is 10.3. The monoisotopic (exact) mass is 287 g/mol. The number of benzene rings is 1. The van der Waals surface area contributed by atoms with Crippen molar-refractivity contribution in [1.82, 2.24) is 5.32 Å². The number of hydrogen-bond acceptors (Lipinski definition) is 4. The second kappa shape index (κ2) is 7.81. The van der Waals surface area contributed by atoms with Gasteiger partial charge >= 0.3 is 0 Å². The highest BCUT2D eigenvalue weighted by Crippen LogP contribution is 2.19. The van der Waals surface area contributed by atoms with Crippen LogP contribution in [-0.2, 0) is 9.84 Å². The summed E-state index contributed by atoms with van der Waals surface area (Å²) in [4.78, 5) is 1.49. The molecule has 0 bridgehead atoms. The summed E-state index contributed by atoms with van der Waals surface area (Å²) in [7, 11) is -3.08. The molecule has 0 amide bonds. The standard InChI is InChI=1S/C13H21NO2S2/c1-3-4-9-14-10-11-17-12-5-7-13(8-6-12)18(2,15)16/h5-8,14H,3-4,9-11H2,1-2H3. The summed E-state index contributed by atoms with van der Waals surface area (Å²) in [6.07, 6.45) is 3.66. The van der Waals surface area contributed by atoms with E-state index < -0.39 is 9.84 Å². The third-order valence-electron chi connectivity index (χ3n) is 2.51. The molecule has 0 saturated carbocycles. The van der Waals surface area contributed by atoms with E-state index in [9.17, 15) is 8.42 Å². The lowest BCUT2D eigenvalue weighted by Gasteiger charge is -2.04. The van der Waals surface area contributed by atoms with Gasteiger partial charge in [0.2, 0.25) is 0 Å². The molecule has 18 heavy (non-hydrogen) atoms. The van der Waals surface area contributed by atoms with E-state index >= 15 is 0 Å². The quantitative estimate of drug-likeness (QED) is 0.589. The SMILES string of the molecule is CCCCNCCSc1ccc(S(C)(=O)=O)cc1. The first-order valence-corrected chi connectivity index (χ1v) is 9.05. The maximum absolute atomic E-state index is 11.3. The third-order valence-corrected chi connectivity index (χ3v) is 4.65. The van der Waals surface area contributed by atoms with Gasteiger partial charge in [0.1, 0.15) is 0 Å². The molecule has 0 aliphatic carbocycles. The average Bonchev–Trinajstić information content (AvgIpc) is 2.33. The van der Waals surface area contributed by atoms with Gasteiger partial charge in [0.15, 0.2) is 9.84 Å². The molecule has 0 aromatic heterocycles. The van der Waals surface area contributed by atoms with Crippen LogP contribution in [0.4, 0.5) is 0 Å². The number of sulfone groups is 1. The van der Waals surface area contributed by atoms with Gasteiger partial charge in [-0.25, -0.2) is 8.42 Å². The Morgan fingerprint density at radius 3 is 2.39 bits per heavy atom. The van der Waals surface area contributed by atoms with Crippen LogP contribution in [0, 0.1) is 0 Å². The molecule has 1 N–H and O–H groups in total. The summed E-state index contributed by atoms with van der Waals surface area (Å²) in [6, 6.07) is 7.07.